The van der Waals surface area contributed by atoms with Crippen LogP contribution in [0.25, 0.3) is 0 Å². The van der Waals surface area contributed by atoms with Crippen LogP contribution < -0.4 is 10.1 Å². The van der Waals surface area contributed by atoms with Crippen LogP contribution in [-0.2, 0) is 9.53 Å². The van der Waals surface area contributed by atoms with Gasteiger partial charge in [0.2, 0.25) is 0 Å². The smallest absolute Gasteiger partial charge is 0.387 e. The van der Waals surface area contributed by atoms with Crippen molar-refractivity contribution in [3.8, 4) is 5.75 Å². The molecule has 7 heteroatoms. The van der Waals surface area contributed by atoms with Gasteiger partial charge in [-0.25, -0.2) is 0 Å². The number of esters is 1. The van der Waals surface area contributed by atoms with Crippen molar-refractivity contribution in [2.24, 2.45) is 0 Å². The van der Waals surface area contributed by atoms with E-state index < -0.39 is 12.6 Å². The Kier molecular flexibility index (Phi) is 4.96. The Labute approximate surface area is 101 Å². The fraction of sp³-hybridized carbons (Fsp3) is 0.300. The summed E-state index contributed by atoms with van der Waals surface area (Å²) in [7, 11) is 1.26. The van der Waals surface area contributed by atoms with E-state index in [9.17, 15) is 13.6 Å². The fourth-order valence-electron chi connectivity index (χ4n) is 1.05. The highest BCUT2D eigenvalue weighted by Gasteiger charge is 2.09. The minimum Gasteiger partial charge on any atom is -0.468 e. The van der Waals surface area contributed by atoms with Crippen LogP contribution in [0.3, 0.4) is 0 Å². The molecule has 0 amide bonds. The Morgan fingerprint density at radius 3 is 2.76 bits per heavy atom. The van der Waals surface area contributed by atoms with Crippen molar-refractivity contribution < 1.29 is 23.0 Å². The molecular formula is C10H10ClF2NO3. The van der Waals surface area contributed by atoms with Crippen LogP contribution in [0.15, 0.2) is 18.2 Å². The maximum atomic E-state index is 11.9. The predicted molar refractivity (Wildman–Crippen MR) is 58.6 cm³/mol. The molecule has 4 nitrogen and oxygen atoms in total. The lowest BCUT2D eigenvalue weighted by atomic mass is 10.3. The number of hydrogen-bond acceptors (Lipinski definition) is 4. The van der Waals surface area contributed by atoms with Gasteiger partial charge in [0.05, 0.1) is 12.1 Å². The Hall–Kier alpha value is -1.56. The lowest BCUT2D eigenvalue weighted by Gasteiger charge is -2.09. The predicted octanol–water partition coefficient (Wildman–Crippen LogP) is 2.53. The Bertz CT molecular complexity index is 401. The Morgan fingerprint density at radius 1 is 1.53 bits per heavy atom. The Balaban J connectivity index is 2.65. The van der Waals surface area contributed by atoms with Crippen LogP contribution in [0.2, 0.25) is 5.02 Å². The molecule has 0 aliphatic carbocycles. The number of carbonyl (C=O) groups is 1. The summed E-state index contributed by atoms with van der Waals surface area (Å²) in [4.78, 5) is 10.8. The van der Waals surface area contributed by atoms with Crippen molar-refractivity contribution in [1.29, 1.82) is 0 Å². The van der Waals surface area contributed by atoms with Gasteiger partial charge >= 0.3 is 12.6 Å². The summed E-state index contributed by atoms with van der Waals surface area (Å²) in [6, 6.07) is 4.13. The molecule has 1 aromatic carbocycles. The van der Waals surface area contributed by atoms with Crippen molar-refractivity contribution in [1.82, 2.24) is 0 Å². The second-order valence-electron chi connectivity index (χ2n) is 2.95. The SMILES string of the molecule is COC(=O)CNc1ccc(OC(F)F)c(Cl)c1. The van der Waals surface area contributed by atoms with E-state index in [0.717, 1.165) is 0 Å². The first-order valence-corrected chi connectivity index (χ1v) is 4.95. The minimum atomic E-state index is -2.93. The van der Waals surface area contributed by atoms with Crippen LogP contribution in [0.1, 0.15) is 0 Å². The van der Waals surface area contributed by atoms with Gasteiger partial charge in [-0.05, 0) is 18.2 Å². The number of rotatable bonds is 5. The first-order valence-electron chi connectivity index (χ1n) is 4.58. The van der Waals surface area contributed by atoms with Crippen LogP contribution >= 0.6 is 11.6 Å². The molecule has 1 N–H and O–H groups in total. The fourth-order valence-corrected chi connectivity index (χ4v) is 1.27. The third kappa shape index (κ3) is 4.44. The van der Waals surface area contributed by atoms with Crippen LogP contribution in [0.4, 0.5) is 14.5 Å². The molecule has 0 aromatic heterocycles. The molecule has 0 bridgehead atoms. The number of hydrogen-bond donors (Lipinski definition) is 1. The highest BCUT2D eigenvalue weighted by molar-refractivity contribution is 6.32. The summed E-state index contributed by atoms with van der Waals surface area (Å²) >= 11 is 5.71. The van der Waals surface area contributed by atoms with E-state index in [1.807, 2.05) is 0 Å². The molecule has 0 atom stereocenters. The number of alkyl halides is 2. The summed E-state index contributed by atoms with van der Waals surface area (Å²) < 4.78 is 32.5. The van der Waals surface area contributed by atoms with E-state index >= 15 is 0 Å². The van der Waals surface area contributed by atoms with Crippen LogP contribution in [0, 0.1) is 0 Å². The van der Waals surface area contributed by atoms with E-state index in [0.29, 0.717) is 5.69 Å². The van der Waals surface area contributed by atoms with Gasteiger partial charge in [0.25, 0.3) is 0 Å². The number of halogens is 3. The van der Waals surface area contributed by atoms with Crippen molar-refractivity contribution in [3.05, 3.63) is 23.2 Å². The van der Waals surface area contributed by atoms with Crippen LogP contribution in [-0.4, -0.2) is 26.2 Å². The molecular weight excluding hydrogens is 256 g/mol. The van der Waals surface area contributed by atoms with Crippen LogP contribution in [0.5, 0.6) is 5.75 Å². The molecule has 0 heterocycles. The molecule has 0 unspecified atom stereocenters. The number of carbonyl (C=O) groups excluding carboxylic acids is 1. The van der Waals surface area contributed by atoms with Crippen molar-refractivity contribution in [2.75, 3.05) is 19.0 Å². The summed E-state index contributed by atoms with van der Waals surface area (Å²) in [5.74, 6) is -0.570. The van der Waals surface area contributed by atoms with Gasteiger partial charge in [-0.15, -0.1) is 0 Å². The largest absolute Gasteiger partial charge is 0.468 e. The van der Waals surface area contributed by atoms with Gasteiger partial charge < -0.3 is 14.8 Å². The third-order valence-electron chi connectivity index (χ3n) is 1.81. The third-order valence-corrected chi connectivity index (χ3v) is 2.11. The second-order valence-corrected chi connectivity index (χ2v) is 3.36. The zero-order chi connectivity index (χ0) is 12.8. The van der Waals surface area contributed by atoms with Gasteiger partial charge in [-0.1, -0.05) is 11.6 Å². The topological polar surface area (TPSA) is 47.6 Å². The first kappa shape index (κ1) is 13.5. The molecule has 1 rings (SSSR count). The number of anilines is 1. The maximum absolute atomic E-state index is 11.9. The summed E-state index contributed by atoms with van der Waals surface area (Å²) in [6.07, 6.45) is 0. The van der Waals surface area contributed by atoms with Gasteiger partial charge in [0.15, 0.2) is 0 Å². The van der Waals surface area contributed by atoms with E-state index in [1.54, 1.807) is 0 Å². The quantitative estimate of drug-likeness (QED) is 0.831. The highest BCUT2D eigenvalue weighted by Crippen LogP contribution is 2.28. The first-order chi connectivity index (χ1) is 8.02. The molecule has 1 aromatic rings. The lowest BCUT2D eigenvalue weighted by molar-refractivity contribution is -0.138. The molecule has 0 aliphatic rings. The monoisotopic (exact) mass is 265 g/mol. The molecule has 0 saturated carbocycles. The van der Waals surface area contributed by atoms with Crippen molar-refractivity contribution >= 4 is 23.3 Å². The zero-order valence-electron chi connectivity index (χ0n) is 8.88. The van der Waals surface area contributed by atoms with Crippen molar-refractivity contribution in [2.45, 2.75) is 6.61 Å². The maximum Gasteiger partial charge on any atom is 0.387 e. The number of nitrogens with one attached hydrogen (secondary N) is 1. The van der Waals surface area contributed by atoms with E-state index in [1.165, 1.54) is 25.3 Å². The number of ether oxygens (including phenoxy) is 2. The molecule has 0 fully saturated rings. The standard InChI is InChI=1S/C10H10ClF2NO3/c1-16-9(15)5-14-6-2-3-8(7(11)4-6)17-10(12)13/h2-4,10,14H,5H2,1H3. The summed E-state index contributed by atoms with van der Waals surface area (Å²) in [6.45, 7) is -2.97. The van der Waals surface area contributed by atoms with E-state index in [4.69, 9.17) is 11.6 Å². The molecule has 0 spiro atoms. The second kappa shape index (κ2) is 6.24. The van der Waals surface area contributed by atoms with E-state index in [2.05, 4.69) is 14.8 Å². The number of benzene rings is 1. The van der Waals surface area contributed by atoms with Gasteiger partial charge in [-0.3, -0.25) is 4.79 Å². The highest BCUT2D eigenvalue weighted by atomic mass is 35.5. The molecule has 0 aliphatic heterocycles. The van der Waals surface area contributed by atoms with Gasteiger partial charge in [0.1, 0.15) is 12.3 Å². The number of methoxy groups -OCH3 is 1. The summed E-state index contributed by atoms with van der Waals surface area (Å²) in [5.41, 5.74) is 0.502. The molecule has 17 heavy (non-hydrogen) atoms. The van der Waals surface area contributed by atoms with Crippen molar-refractivity contribution in [3.63, 3.8) is 0 Å². The van der Waals surface area contributed by atoms with E-state index in [-0.39, 0.29) is 17.3 Å². The van der Waals surface area contributed by atoms with Gasteiger partial charge in [-0.2, -0.15) is 8.78 Å². The Morgan fingerprint density at radius 2 is 2.24 bits per heavy atom. The molecule has 0 saturated heterocycles. The average Bonchev–Trinajstić information content (AvgIpc) is 2.28. The molecule has 0 radical (unpaired) electrons. The lowest BCUT2D eigenvalue weighted by Crippen LogP contribution is -2.14. The minimum absolute atomic E-state index is 0.0279. The zero-order valence-corrected chi connectivity index (χ0v) is 9.63. The average molecular weight is 266 g/mol. The normalized spacial score (nSPS) is 10.2. The van der Waals surface area contributed by atoms with Gasteiger partial charge in [0, 0.05) is 5.69 Å². The summed E-state index contributed by atoms with van der Waals surface area (Å²) in [5, 5.41) is 2.74. The molecule has 94 valence electrons.